The molecule has 5 heteroatoms. The Labute approximate surface area is 160 Å². The van der Waals surface area contributed by atoms with Crippen LogP contribution in [0.25, 0.3) is 10.4 Å². The maximum Gasteiger partial charge on any atom is 0.225 e. The Kier molecular flexibility index (Phi) is 6.09. The van der Waals surface area contributed by atoms with Gasteiger partial charge in [0.2, 0.25) is 5.91 Å². The molecule has 0 bridgehead atoms. The summed E-state index contributed by atoms with van der Waals surface area (Å²) >= 11 is 1.80. The van der Waals surface area contributed by atoms with Gasteiger partial charge in [-0.25, -0.2) is 4.98 Å². The minimum atomic E-state index is 0.139. The van der Waals surface area contributed by atoms with Crippen LogP contribution in [0.2, 0.25) is 0 Å². The van der Waals surface area contributed by atoms with Crippen molar-refractivity contribution >= 4 is 17.2 Å². The number of aromatic nitrogens is 1. The lowest BCUT2D eigenvalue weighted by Crippen LogP contribution is -2.41. The van der Waals surface area contributed by atoms with E-state index in [0.717, 1.165) is 25.9 Å². The Bertz CT molecular complexity index is 730. The summed E-state index contributed by atoms with van der Waals surface area (Å²) in [6.45, 7) is 7.06. The number of thiazole rings is 1. The first kappa shape index (κ1) is 19.1. The topological polar surface area (TPSA) is 36.4 Å². The lowest BCUT2D eigenvalue weighted by Gasteiger charge is -2.34. The molecule has 1 aromatic carbocycles. The van der Waals surface area contributed by atoms with Crippen LogP contribution in [0.4, 0.5) is 0 Å². The molecule has 0 radical (unpaired) electrons. The fourth-order valence-electron chi connectivity index (χ4n) is 3.54. The van der Waals surface area contributed by atoms with Crippen molar-refractivity contribution in [2.75, 3.05) is 27.2 Å². The third-order valence-corrected chi connectivity index (χ3v) is 6.52. The van der Waals surface area contributed by atoms with Crippen molar-refractivity contribution in [3.63, 3.8) is 0 Å². The second kappa shape index (κ2) is 8.31. The van der Waals surface area contributed by atoms with Crippen molar-refractivity contribution < 1.29 is 4.79 Å². The molecule has 0 atom stereocenters. The predicted octanol–water partition coefficient (Wildman–Crippen LogP) is 4.23. The first-order chi connectivity index (χ1) is 12.5. The summed E-state index contributed by atoms with van der Waals surface area (Å²) < 4.78 is 0. The molecule has 0 saturated carbocycles. The van der Waals surface area contributed by atoms with Gasteiger partial charge in [0.25, 0.3) is 0 Å². The van der Waals surface area contributed by atoms with E-state index >= 15 is 0 Å². The van der Waals surface area contributed by atoms with Gasteiger partial charge in [0.15, 0.2) is 0 Å². The molecule has 4 nitrogen and oxygen atoms in total. The number of likely N-dealkylation sites (tertiary alicyclic amines) is 1. The zero-order valence-electron chi connectivity index (χ0n) is 16.2. The summed E-state index contributed by atoms with van der Waals surface area (Å²) in [6, 6.07) is 8.55. The van der Waals surface area contributed by atoms with Crippen molar-refractivity contribution in [1.82, 2.24) is 14.8 Å². The molecule has 0 aliphatic carbocycles. The molecule has 1 fully saturated rings. The third-order valence-electron chi connectivity index (χ3n) is 5.31. The molecule has 2 aromatic rings. The van der Waals surface area contributed by atoms with Crippen molar-refractivity contribution in [2.45, 2.75) is 39.2 Å². The minimum Gasteiger partial charge on any atom is -0.341 e. The quantitative estimate of drug-likeness (QED) is 0.731. The first-order valence-corrected chi connectivity index (χ1v) is 10.3. The molecule has 1 aromatic heterocycles. The lowest BCUT2D eigenvalue weighted by atomic mass is 10.0. The molecule has 140 valence electrons. The molecule has 1 amide bonds. The number of carbonyl (C=O) groups is 1. The Morgan fingerprint density at radius 1 is 1.27 bits per heavy atom. The number of carbonyl (C=O) groups excluding carboxylic acids is 1. The van der Waals surface area contributed by atoms with Gasteiger partial charge in [-0.05, 0) is 31.0 Å². The lowest BCUT2D eigenvalue weighted by molar-refractivity contribution is -0.134. The highest BCUT2D eigenvalue weighted by Gasteiger charge is 2.27. The van der Waals surface area contributed by atoms with Crippen LogP contribution in [0, 0.1) is 5.92 Å². The fourth-order valence-corrected chi connectivity index (χ4v) is 4.55. The highest BCUT2D eigenvalue weighted by atomic mass is 32.1. The summed E-state index contributed by atoms with van der Waals surface area (Å²) in [5, 5.41) is 1.25. The van der Waals surface area contributed by atoms with E-state index in [9.17, 15) is 4.79 Å². The number of hydrogen-bond donors (Lipinski definition) is 0. The Morgan fingerprint density at radius 2 is 1.92 bits per heavy atom. The second-order valence-corrected chi connectivity index (χ2v) is 8.45. The van der Waals surface area contributed by atoms with Gasteiger partial charge < -0.3 is 9.80 Å². The van der Waals surface area contributed by atoms with Crippen LogP contribution < -0.4 is 0 Å². The molecule has 1 saturated heterocycles. The molecule has 1 aliphatic heterocycles. The molecular weight excluding hydrogens is 342 g/mol. The summed E-state index contributed by atoms with van der Waals surface area (Å²) in [6.07, 6.45) is 3.81. The van der Waals surface area contributed by atoms with E-state index < -0.39 is 0 Å². The second-order valence-electron chi connectivity index (χ2n) is 7.39. The Balaban J connectivity index is 1.62. The fraction of sp³-hybridized carbons (Fsp3) is 0.524. The van der Waals surface area contributed by atoms with Gasteiger partial charge in [-0.1, -0.05) is 38.1 Å². The SMILES string of the molecule is CCC(CC)C(=O)N(C)Cc1ccc(-c2cnc(C3CN(C)C3)s2)cc1. The molecule has 3 rings (SSSR count). The number of hydrogen-bond acceptors (Lipinski definition) is 4. The van der Waals surface area contributed by atoms with Gasteiger partial charge in [0.05, 0.1) is 9.88 Å². The summed E-state index contributed by atoms with van der Waals surface area (Å²) in [7, 11) is 4.05. The van der Waals surface area contributed by atoms with Gasteiger partial charge in [-0.2, -0.15) is 0 Å². The molecular formula is C21H29N3OS. The van der Waals surface area contributed by atoms with E-state index in [1.165, 1.54) is 21.0 Å². The van der Waals surface area contributed by atoms with E-state index in [1.807, 2.05) is 18.1 Å². The monoisotopic (exact) mass is 371 g/mol. The maximum absolute atomic E-state index is 12.4. The van der Waals surface area contributed by atoms with E-state index in [-0.39, 0.29) is 11.8 Å². The predicted molar refractivity (Wildman–Crippen MR) is 108 cm³/mol. The number of likely N-dealkylation sites (N-methyl/N-ethyl adjacent to an activating group) is 1. The van der Waals surface area contributed by atoms with Crippen molar-refractivity contribution in [3.8, 4) is 10.4 Å². The molecule has 26 heavy (non-hydrogen) atoms. The number of nitrogens with zero attached hydrogens (tertiary/aromatic N) is 3. The normalized spacial score (nSPS) is 15.3. The van der Waals surface area contributed by atoms with Gasteiger partial charge in [0.1, 0.15) is 0 Å². The number of benzene rings is 1. The van der Waals surface area contributed by atoms with Crippen LogP contribution in [-0.4, -0.2) is 47.9 Å². The van der Waals surface area contributed by atoms with Gasteiger partial charge in [-0.3, -0.25) is 4.79 Å². The average molecular weight is 372 g/mol. The summed E-state index contributed by atoms with van der Waals surface area (Å²) in [4.78, 5) is 22.5. The average Bonchev–Trinajstić information content (AvgIpc) is 3.10. The molecule has 1 aliphatic rings. The number of rotatable bonds is 7. The van der Waals surface area contributed by atoms with E-state index in [2.05, 4.69) is 55.0 Å². The molecule has 2 heterocycles. The van der Waals surface area contributed by atoms with E-state index in [4.69, 9.17) is 0 Å². The third kappa shape index (κ3) is 4.15. The highest BCUT2D eigenvalue weighted by Crippen LogP contribution is 2.33. The van der Waals surface area contributed by atoms with Crippen LogP contribution in [0.15, 0.2) is 30.5 Å². The zero-order chi connectivity index (χ0) is 18.7. The van der Waals surface area contributed by atoms with Crippen LogP contribution in [0.5, 0.6) is 0 Å². The summed E-state index contributed by atoms with van der Waals surface area (Å²) in [5.41, 5.74) is 2.38. The first-order valence-electron chi connectivity index (χ1n) is 9.50. The van der Waals surface area contributed by atoms with Crippen LogP contribution in [-0.2, 0) is 11.3 Å². The Hall–Kier alpha value is -1.72. The van der Waals surface area contributed by atoms with Gasteiger partial charge in [0, 0.05) is 44.7 Å². The smallest absolute Gasteiger partial charge is 0.225 e. The Morgan fingerprint density at radius 3 is 2.50 bits per heavy atom. The van der Waals surface area contributed by atoms with Gasteiger partial charge in [-0.15, -0.1) is 11.3 Å². The largest absolute Gasteiger partial charge is 0.341 e. The molecule has 0 spiro atoms. The van der Waals surface area contributed by atoms with Crippen LogP contribution >= 0.6 is 11.3 Å². The number of amides is 1. The van der Waals surface area contributed by atoms with Crippen LogP contribution in [0.1, 0.15) is 43.2 Å². The highest BCUT2D eigenvalue weighted by molar-refractivity contribution is 7.15. The standard InChI is InChI=1S/C21H29N3OS/c1-5-16(6-2)21(25)24(4)12-15-7-9-17(10-8-15)19-11-22-20(26-19)18-13-23(3)14-18/h7-11,16,18H,5-6,12-14H2,1-4H3. The maximum atomic E-state index is 12.4. The van der Waals surface area contributed by atoms with E-state index in [1.54, 1.807) is 11.3 Å². The van der Waals surface area contributed by atoms with Crippen LogP contribution in [0.3, 0.4) is 0 Å². The summed E-state index contributed by atoms with van der Waals surface area (Å²) in [5.74, 6) is 0.986. The van der Waals surface area contributed by atoms with Crippen molar-refractivity contribution in [2.24, 2.45) is 5.92 Å². The minimum absolute atomic E-state index is 0.139. The molecule has 0 unspecified atom stereocenters. The zero-order valence-corrected chi connectivity index (χ0v) is 17.1. The van der Waals surface area contributed by atoms with E-state index in [0.29, 0.717) is 12.5 Å². The van der Waals surface area contributed by atoms with Crippen molar-refractivity contribution in [1.29, 1.82) is 0 Å². The van der Waals surface area contributed by atoms with Gasteiger partial charge >= 0.3 is 0 Å². The molecule has 0 N–H and O–H groups in total. The van der Waals surface area contributed by atoms with Crippen molar-refractivity contribution in [3.05, 3.63) is 41.0 Å².